The van der Waals surface area contributed by atoms with Crippen molar-refractivity contribution in [1.82, 2.24) is 14.5 Å². The van der Waals surface area contributed by atoms with Crippen LogP contribution in [0.15, 0.2) is 41.1 Å². The minimum absolute atomic E-state index is 0.285. The Morgan fingerprint density at radius 1 is 1.38 bits per heavy atom. The quantitative estimate of drug-likeness (QED) is 0.637. The van der Waals surface area contributed by atoms with Crippen molar-refractivity contribution in [2.75, 3.05) is 0 Å². The summed E-state index contributed by atoms with van der Waals surface area (Å²) >= 11 is 9.65. The summed E-state index contributed by atoms with van der Waals surface area (Å²) in [6.07, 6.45) is 3.40. The highest BCUT2D eigenvalue weighted by Crippen LogP contribution is 2.30. The molecule has 0 aliphatic carbocycles. The Morgan fingerprint density at radius 3 is 2.90 bits per heavy atom. The summed E-state index contributed by atoms with van der Waals surface area (Å²) in [5, 5.41) is 9.11. The molecule has 1 aromatic carbocycles. The Morgan fingerprint density at radius 2 is 2.19 bits per heavy atom. The molecule has 0 aliphatic heterocycles. The van der Waals surface area contributed by atoms with Crippen LogP contribution in [-0.4, -0.2) is 14.5 Å². The van der Waals surface area contributed by atoms with Crippen LogP contribution in [0.4, 0.5) is 0 Å². The van der Waals surface area contributed by atoms with Crippen LogP contribution in [0.3, 0.4) is 0 Å². The molecule has 0 amide bonds. The normalized spacial score (nSPS) is 12.3. The van der Waals surface area contributed by atoms with Crippen molar-refractivity contribution in [2.45, 2.75) is 12.3 Å². The molecule has 1 unspecified atom stereocenters. The first kappa shape index (κ1) is 14.1. The minimum Gasteiger partial charge on any atom is -0.294 e. The summed E-state index contributed by atoms with van der Waals surface area (Å²) in [5.74, 6) is 0.693. The van der Waals surface area contributed by atoms with Gasteiger partial charge >= 0.3 is 0 Å². The predicted octanol–water partition coefficient (Wildman–Crippen LogP) is 4.35. The van der Waals surface area contributed by atoms with Gasteiger partial charge in [0.05, 0.1) is 28.3 Å². The van der Waals surface area contributed by atoms with Crippen molar-refractivity contribution in [1.29, 1.82) is 5.26 Å². The number of nitrogens with zero attached hydrogens (tertiary/aromatic N) is 4. The SMILES string of the molecule is CC(Cl)c1nc2cnccc2n1-c1ccc(Br)cc1C#N. The second kappa shape index (κ2) is 5.47. The van der Waals surface area contributed by atoms with E-state index >= 15 is 0 Å². The number of hydrogen-bond acceptors (Lipinski definition) is 3. The van der Waals surface area contributed by atoms with E-state index in [1.165, 1.54) is 0 Å². The Bertz CT molecular complexity index is 864. The fourth-order valence-corrected chi connectivity index (χ4v) is 2.77. The monoisotopic (exact) mass is 360 g/mol. The zero-order valence-corrected chi connectivity index (χ0v) is 13.4. The van der Waals surface area contributed by atoms with E-state index in [9.17, 15) is 5.26 Å². The van der Waals surface area contributed by atoms with Gasteiger partial charge in [-0.3, -0.25) is 9.55 Å². The van der Waals surface area contributed by atoms with Crippen LogP contribution in [0, 0.1) is 11.3 Å². The molecule has 0 radical (unpaired) electrons. The molecule has 104 valence electrons. The van der Waals surface area contributed by atoms with Gasteiger partial charge in [-0.1, -0.05) is 15.9 Å². The highest BCUT2D eigenvalue weighted by molar-refractivity contribution is 9.10. The fraction of sp³-hybridized carbons (Fsp3) is 0.133. The summed E-state index contributed by atoms with van der Waals surface area (Å²) in [4.78, 5) is 8.62. The van der Waals surface area contributed by atoms with Gasteiger partial charge in [0.2, 0.25) is 0 Å². The largest absolute Gasteiger partial charge is 0.294 e. The molecule has 2 heterocycles. The molecule has 0 spiro atoms. The maximum Gasteiger partial charge on any atom is 0.132 e. The first-order chi connectivity index (χ1) is 10.1. The number of aromatic nitrogens is 3. The second-order valence-electron chi connectivity index (χ2n) is 4.56. The maximum absolute atomic E-state index is 9.39. The van der Waals surface area contributed by atoms with Gasteiger partial charge in [0.1, 0.15) is 17.4 Å². The van der Waals surface area contributed by atoms with Gasteiger partial charge in [0.25, 0.3) is 0 Å². The Hall–Kier alpha value is -1.90. The van der Waals surface area contributed by atoms with E-state index in [0.29, 0.717) is 11.4 Å². The lowest BCUT2D eigenvalue weighted by Crippen LogP contribution is -2.04. The number of rotatable bonds is 2. The number of fused-ring (bicyclic) bond motifs is 1. The smallest absolute Gasteiger partial charge is 0.132 e. The molecular formula is C15H10BrClN4. The third-order valence-corrected chi connectivity index (χ3v) is 3.85. The average molecular weight is 362 g/mol. The van der Waals surface area contributed by atoms with Crippen LogP contribution >= 0.6 is 27.5 Å². The van der Waals surface area contributed by atoms with Gasteiger partial charge in [-0.25, -0.2) is 4.98 Å². The number of hydrogen-bond donors (Lipinski definition) is 0. The van der Waals surface area contributed by atoms with Crippen molar-refractivity contribution < 1.29 is 0 Å². The number of halogens is 2. The van der Waals surface area contributed by atoms with Gasteiger partial charge in [0.15, 0.2) is 0 Å². The van der Waals surface area contributed by atoms with Gasteiger partial charge in [-0.2, -0.15) is 5.26 Å². The molecule has 0 saturated heterocycles. The Labute approximate surface area is 135 Å². The third kappa shape index (κ3) is 2.41. The average Bonchev–Trinajstić information content (AvgIpc) is 2.86. The predicted molar refractivity (Wildman–Crippen MR) is 85.5 cm³/mol. The Kier molecular flexibility index (Phi) is 3.66. The van der Waals surface area contributed by atoms with Crippen molar-refractivity contribution in [3.63, 3.8) is 0 Å². The van der Waals surface area contributed by atoms with Gasteiger partial charge < -0.3 is 0 Å². The lowest BCUT2D eigenvalue weighted by Gasteiger charge is -2.12. The molecule has 0 bridgehead atoms. The Balaban J connectivity index is 2.39. The summed E-state index contributed by atoms with van der Waals surface area (Å²) in [5.41, 5.74) is 2.95. The third-order valence-electron chi connectivity index (χ3n) is 3.16. The van der Waals surface area contributed by atoms with Crippen molar-refractivity contribution in [3.05, 3.63) is 52.5 Å². The minimum atomic E-state index is -0.285. The summed E-state index contributed by atoms with van der Waals surface area (Å²) in [6.45, 7) is 1.86. The first-order valence-corrected chi connectivity index (χ1v) is 7.51. The van der Waals surface area contributed by atoms with Gasteiger partial charge in [-0.05, 0) is 31.2 Å². The second-order valence-corrected chi connectivity index (χ2v) is 6.13. The molecular weight excluding hydrogens is 352 g/mol. The molecule has 21 heavy (non-hydrogen) atoms. The van der Waals surface area contributed by atoms with E-state index in [1.54, 1.807) is 18.5 Å². The van der Waals surface area contributed by atoms with E-state index in [4.69, 9.17) is 11.6 Å². The molecule has 4 nitrogen and oxygen atoms in total. The zero-order chi connectivity index (χ0) is 15.0. The van der Waals surface area contributed by atoms with Crippen molar-refractivity contribution in [2.24, 2.45) is 0 Å². The topological polar surface area (TPSA) is 54.5 Å². The van der Waals surface area contributed by atoms with Gasteiger partial charge in [0, 0.05) is 10.7 Å². The number of pyridine rings is 1. The molecule has 0 fully saturated rings. The van der Waals surface area contributed by atoms with Crippen LogP contribution in [0.25, 0.3) is 16.7 Å². The highest BCUT2D eigenvalue weighted by Gasteiger charge is 2.18. The molecule has 3 aromatic rings. The van der Waals surface area contributed by atoms with Crippen LogP contribution < -0.4 is 0 Å². The van der Waals surface area contributed by atoms with E-state index in [2.05, 4.69) is 32.0 Å². The molecule has 3 rings (SSSR count). The summed E-state index contributed by atoms with van der Waals surface area (Å²) in [6, 6.07) is 9.65. The maximum atomic E-state index is 9.39. The van der Waals surface area contributed by atoms with Crippen LogP contribution in [-0.2, 0) is 0 Å². The lowest BCUT2D eigenvalue weighted by atomic mass is 10.2. The van der Waals surface area contributed by atoms with Crippen LogP contribution in [0.5, 0.6) is 0 Å². The van der Waals surface area contributed by atoms with Crippen molar-refractivity contribution >= 4 is 38.6 Å². The number of nitriles is 1. The van der Waals surface area contributed by atoms with E-state index in [1.807, 2.05) is 29.7 Å². The highest BCUT2D eigenvalue weighted by atomic mass is 79.9. The van der Waals surface area contributed by atoms with Crippen molar-refractivity contribution in [3.8, 4) is 11.8 Å². The van der Waals surface area contributed by atoms with Gasteiger partial charge in [-0.15, -0.1) is 11.6 Å². The summed E-state index contributed by atoms with van der Waals surface area (Å²) < 4.78 is 2.77. The number of alkyl halides is 1. The van der Waals surface area contributed by atoms with E-state index < -0.39 is 0 Å². The first-order valence-electron chi connectivity index (χ1n) is 6.28. The van der Waals surface area contributed by atoms with Crippen LogP contribution in [0.2, 0.25) is 0 Å². The molecule has 1 atom stereocenters. The molecule has 0 aliphatic rings. The molecule has 2 aromatic heterocycles. The standard InChI is InChI=1S/C15H10BrClN4/c1-9(17)15-20-12-8-19-5-4-14(12)21(15)13-3-2-11(16)6-10(13)7-18/h2-6,8-9H,1H3. The molecule has 0 N–H and O–H groups in total. The molecule has 6 heteroatoms. The fourth-order valence-electron chi connectivity index (χ4n) is 2.26. The van der Waals surface area contributed by atoms with E-state index in [0.717, 1.165) is 21.2 Å². The lowest BCUT2D eigenvalue weighted by molar-refractivity contribution is 0.881. The van der Waals surface area contributed by atoms with Crippen LogP contribution in [0.1, 0.15) is 23.7 Å². The summed E-state index contributed by atoms with van der Waals surface area (Å²) in [7, 11) is 0. The number of benzene rings is 1. The molecule has 0 saturated carbocycles. The zero-order valence-electron chi connectivity index (χ0n) is 11.1. The van der Waals surface area contributed by atoms with E-state index in [-0.39, 0.29) is 5.38 Å². The number of imidazole rings is 1.